The number of nitrogens with one attached hydrogen (secondary N) is 1. The Morgan fingerprint density at radius 3 is 2.55 bits per heavy atom. The molecule has 2 rings (SSSR count). The minimum Gasteiger partial charge on any atom is -0.478 e. The van der Waals surface area contributed by atoms with Crippen LogP contribution in [0.5, 0.6) is 0 Å². The molecule has 0 saturated carbocycles. The molecular weight excluding hydrogens is 261 g/mol. The lowest BCUT2D eigenvalue weighted by Crippen LogP contribution is -2.03. The Morgan fingerprint density at radius 2 is 1.90 bits per heavy atom. The minimum absolute atomic E-state index is 0.0300. The van der Waals surface area contributed by atoms with Gasteiger partial charge in [-0.3, -0.25) is 0 Å². The number of aromatic carboxylic acids is 1. The van der Waals surface area contributed by atoms with Crippen LogP contribution in [0.3, 0.4) is 0 Å². The Balaban J connectivity index is 2.33. The van der Waals surface area contributed by atoms with Gasteiger partial charge in [-0.1, -0.05) is 0 Å². The summed E-state index contributed by atoms with van der Waals surface area (Å²) in [6, 6.07) is 10.1. The van der Waals surface area contributed by atoms with E-state index < -0.39 is 11.8 Å². The SMILES string of the molecule is N#Cc1cc(Nc2ccc(N)c(C(=O)O)c2)ccc1F. The summed E-state index contributed by atoms with van der Waals surface area (Å²) in [4.78, 5) is 11.0. The van der Waals surface area contributed by atoms with E-state index in [1.54, 1.807) is 12.1 Å². The standard InChI is InChI=1S/C14H10FN3O2/c15-12-3-1-9(5-8(12)7-16)18-10-2-4-13(17)11(6-10)14(19)20/h1-6,18H,17H2,(H,19,20). The molecule has 100 valence electrons. The Kier molecular flexibility index (Phi) is 3.53. The van der Waals surface area contributed by atoms with Crippen molar-refractivity contribution in [1.82, 2.24) is 0 Å². The molecule has 0 aromatic heterocycles. The largest absolute Gasteiger partial charge is 0.478 e. The number of carboxylic acids is 1. The third kappa shape index (κ3) is 2.67. The van der Waals surface area contributed by atoms with Crippen molar-refractivity contribution in [2.75, 3.05) is 11.1 Å². The zero-order valence-electron chi connectivity index (χ0n) is 10.2. The van der Waals surface area contributed by atoms with E-state index in [-0.39, 0.29) is 16.8 Å². The molecule has 20 heavy (non-hydrogen) atoms. The number of rotatable bonds is 3. The van der Waals surface area contributed by atoms with Crippen molar-refractivity contribution < 1.29 is 14.3 Å². The highest BCUT2D eigenvalue weighted by molar-refractivity contribution is 5.95. The quantitative estimate of drug-likeness (QED) is 0.745. The van der Waals surface area contributed by atoms with Gasteiger partial charge in [0.15, 0.2) is 0 Å². The fraction of sp³-hybridized carbons (Fsp3) is 0. The van der Waals surface area contributed by atoms with E-state index in [0.29, 0.717) is 11.4 Å². The van der Waals surface area contributed by atoms with E-state index in [4.69, 9.17) is 16.1 Å². The molecule has 0 aliphatic rings. The summed E-state index contributed by atoms with van der Waals surface area (Å²) >= 11 is 0. The van der Waals surface area contributed by atoms with Gasteiger partial charge in [0.25, 0.3) is 0 Å². The fourth-order valence-electron chi connectivity index (χ4n) is 1.67. The second-order valence-electron chi connectivity index (χ2n) is 4.04. The van der Waals surface area contributed by atoms with E-state index >= 15 is 0 Å². The molecule has 0 radical (unpaired) electrons. The molecule has 0 bridgehead atoms. The first kappa shape index (κ1) is 13.4. The zero-order valence-corrected chi connectivity index (χ0v) is 10.2. The van der Waals surface area contributed by atoms with Crippen LogP contribution in [-0.2, 0) is 0 Å². The van der Waals surface area contributed by atoms with Crippen molar-refractivity contribution >= 4 is 23.0 Å². The Bertz CT molecular complexity index is 723. The number of nitrogen functional groups attached to an aromatic ring is 1. The zero-order chi connectivity index (χ0) is 14.7. The van der Waals surface area contributed by atoms with Crippen LogP contribution in [0.25, 0.3) is 0 Å². The average Bonchev–Trinajstić information content (AvgIpc) is 2.42. The summed E-state index contributed by atoms with van der Waals surface area (Å²) in [7, 11) is 0. The second-order valence-corrected chi connectivity index (χ2v) is 4.04. The number of carboxylic acid groups (broad SMARTS) is 1. The number of hydrogen-bond donors (Lipinski definition) is 3. The van der Waals surface area contributed by atoms with Gasteiger partial charge in [0, 0.05) is 17.1 Å². The maximum Gasteiger partial charge on any atom is 0.337 e. The molecule has 0 atom stereocenters. The van der Waals surface area contributed by atoms with Crippen molar-refractivity contribution in [3.63, 3.8) is 0 Å². The van der Waals surface area contributed by atoms with Crippen molar-refractivity contribution in [3.8, 4) is 6.07 Å². The molecule has 0 heterocycles. The average molecular weight is 271 g/mol. The molecule has 2 aromatic carbocycles. The van der Waals surface area contributed by atoms with Gasteiger partial charge in [-0.2, -0.15) is 5.26 Å². The van der Waals surface area contributed by atoms with Gasteiger partial charge in [-0.15, -0.1) is 0 Å². The molecule has 0 spiro atoms. The van der Waals surface area contributed by atoms with Crippen molar-refractivity contribution in [1.29, 1.82) is 5.26 Å². The summed E-state index contributed by atoms with van der Waals surface area (Å²) in [5.74, 6) is -1.75. The topological polar surface area (TPSA) is 99.1 Å². The summed E-state index contributed by atoms with van der Waals surface area (Å²) in [5.41, 5.74) is 6.53. The predicted molar refractivity (Wildman–Crippen MR) is 72.2 cm³/mol. The van der Waals surface area contributed by atoms with Gasteiger partial charge in [-0.25, -0.2) is 9.18 Å². The molecule has 2 aromatic rings. The number of nitrogens with two attached hydrogens (primary N) is 1. The molecule has 6 heteroatoms. The molecule has 0 saturated heterocycles. The van der Waals surface area contributed by atoms with Gasteiger partial charge in [-0.05, 0) is 36.4 Å². The second kappa shape index (κ2) is 5.28. The molecular formula is C14H10FN3O2. The van der Waals surface area contributed by atoms with E-state index in [0.717, 1.165) is 6.07 Å². The van der Waals surface area contributed by atoms with Crippen LogP contribution in [-0.4, -0.2) is 11.1 Å². The third-order valence-electron chi connectivity index (χ3n) is 2.66. The minimum atomic E-state index is -1.14. The number of benzene rings is 2. The fourth-order valence-corrected chi connectivity index (χ4v) is 1.67. The van der Waals surface area contributed by atoms with Crippen LogP contribution in [0.2, 0.25) is 0 Å². The predicted octanol–water partition coefficient (Wildman–Crippen LogP) is 2.72. The van der Waals surface area contributed by atoms with Crippen LogP contribution in [0.1, 0.15) is 15.9 Å². The van der Waals surface area contributed by atoms with Crippen molar-refractivity contribution in [2.24, 2.45) is 0 Å². The van der Waals surface area contributed by atoms with E-state index in [1.807, 2.05) is 0 Å². The molecule has 5 nitrogen and oxygen atoms in total. The maximum absolute atomic E-state index is 13.2. The number of anilines is 3. The molecule has 4 N–H and O–H groups in total. The Hall–Kier alpha value is -3.07. The first-order valence-electron chi connectivity index (χ1n) is 5.61. The molecule has 0 unspecified atom stereocenters. The lowest BCUT2D eigenvalue weighted by Gasteiger charge is -2.09. The first-order valence-corrected chi connectivity index (χ1v) is 5.61. The lowest BCUT2D eigenvalue weighted by atomic mass is 10.1. The monoisotopic (exact) mass is 271 g/mol. The summed E-state index contributed by atoms with van der Waals surface area (Å²) in [6.07, 6.45) is 0. The normalized spacial score (nSPS) is 9.80. The first-order chi connectivity index (χ1) is 9.51. The van der Waals surface area contributed by atoms with Crippen LogP contribution >= 0.6 is 0 Å². The number of nitriles is 1. The summed E-state index contributed by atoms with van der Waals surface area (Å²) in [6.45, 7) is 0. The number of carbonyl (C=O) groups is 1. The van der Waals surface area contributed by atoms with Gasteiger partial charge in [0.05, 0.1) is 11.1 Å². The maximum atomic E-state index is 13.2. The smallest absolute Gasteiger partial charge is 0.337 e. The molecule has 0 fully saturated rings. The lowest BCUT2D eigenvalue weighted by molar-refractivity contribution is 0.0698. The van der Waals surface area contributed by atoms with Gasteiger partial charge >= 0.3 is 5.97 Å². The Labute approximate surface area is 114 Å². The summed E-state index contributed by atoms with van der Waals surface area (Å²) in [5, 5.41) is 20.6. The molecule has 0 amide bonds. The van der Waals surface area contributed by atoms with Crippen LogP contribution in [0, 0.1) is 17.1 Å². The highest BCUT2D eigenvalue weighted by Crippen LogP contribution is 2.23. The Morgan fingerprint density at radius 1 is 1.25 bits per heavy atom. The number of nitrogens with zero attached hydrogens (tertiary/aromatic N) is 1. The summed E-state index contributed by atoms with van der Waals surface area (Å²) < 4.78 is 13.2. The van der Waals surface area contributed by atoms with Gasteiger partial charge in [0.1, 0.15) is 11.9 Å². The van der Waals surface area contributed by atoms with Crippen LogP contribution in [0.15, 0.2) is 36.4 Å². The van der Waals surface area contributed by atoms with Gasteiger partial charge < -0.3 is 16.2 Å². The van der Waals surface area contributed by atoms with Crippen LogP contribution < -0.4 is 11.1 Å². The van der Waals surface area contributed by atoms with E-state index in [9.17, 15) is 9.18 Å². The molecule has 0 aliphatic carbocycles. The molecule has 0 aliphatic heterocycles. The van der Waals surface area contributed by atoms with Crippen LogP contribution in [0.4, 0.5) is 21.5 Å². The van der Waals surface area contributed by atoms with Crippen molar-refractivity contribution in [3.05, 3.63) is 53.3 Å². The highest BCUT2D eigenvalue weighted by atomic mass is 19.1. The van der Waals surface area contributed by atoms with Gasteiger partial charge in [0.2, 0.25) is 0 Å². The number of halogens is 1. The highest BCUT2D eigenvalue weighted by Gasteiger charge is 2.09. The van der Waals surface area contributed by atoms with E-state index in [2.05, 4.69) is 5.32 Å². The third-order valence-corrected chi connectivity index (χ3v) is 2.66. The van der Waals surface area contributed by atoms with Crippen molar-refractivity contribution in [2.45, 2.75) is 0 Å². The van der Waals surface area contributed by atoms with E-state index in [1.165, 1.54) is 24.3 Å². The number of hydrogen-bond acceptors (Lipinski definition) is 4.